The zero-order valence-electron chi connectivity index (χ0n) is 10.3. The van der Waals surface area contributed by atoms with Crippen molar-refractivity contribution in [3.63, 3.8) is 0 Å². The second kappa shape index (κ2) is 9.81. The van der Waals surface area contributed by atoms with Gasteiger partial charge in [0.1, 0.15) is 6.10 Å². The molecular weight excluding hydrogens is 241 g/mol. The van der Waals surface area contributed by atoms with Crippen LogP contribution in [0.25, 0.3) is 0 Å². The van der Waals surface area contributed by atoms with Crippen LogP contribution in [0.5, 0.6) is 0 Å². The Kier molecular flexibility index (Phi) is 12.7. The molecule has 1 unspecified atom stereocenters. The molecule has 0 aromatic carbocycles. The molecule has 0 spiro atoms. The van der Waals surface area contributed by atoms with E-state index in [1.54, 1.807) is 0 Å². The van der Waals surface area contributed by atoms with E-state index in [2.05, 4.69) is 5.32 Å². The number of carboxylic acid groups (broad SMARTS) is 1. The SMILES string of the molecule is CC(C)(CO)C(O)C(=O)NCCC(=O)[O-].O.[Na+]. The van der Waals surface area contributed by atoms with Gasteiger partial charge in [-0.25, -0.2) is 0 Å². The number of carbonyl (C=O) groups is 2. The molecule has 1 atom stereocenters. The predicted octanol–water partition coefficient (Wildman–Crippen LogP) is -6.20. The smallest absolute Gasteiger partial charge is 0.550 e. The number of aliphatic carboxylic acids is 1. The van der Waals surface area contributed by atoms with Gasteiger partial charge in [-0.05, 0) is 0 Å². The minimum atomic E-state index is -1.37. The van der Waals surface area contributed by atoms with Crippen molar-refractivity contribution in [2.24, 2.45) is 5.41 Å². The number of aliphatic hydroxyl groups excluding tert-OH is 2. The summed E-state index contributed by atoms with van der Waals surface area (Å²) >= 11 is 0. The van der Waals surface area contributed by atoms with Gasteiger partial charge in [-0.3, -0.25) is 4.79 Å². The van der Waals surface area contributed by atoms with Gasteiger partial charge in [0.25, 0.3) is 0 Å². The third-order valence-corrected chi connectivity index (χ3v) is 2.02. The van der Waals surface area contributed by atoms with Gasteiger partial charge in [-0.2, -0.15) is 0 Å². The average molecular weight is 259 g/mol. The van der Waals surface area contributed by atoms with Crippen molar-refractivity contribution in [3.05, 3.63) is 0 Å². The van der Waals surface area contributed by atoms with E-state index in [9.17, 15) is 19.8 Å². The summed E-state index contributed by atoms with van der Waals surface area (Å²) < 4.78 is 0. The van der Waals surface area contributed by atoms with Crippen LogP contribution in [0, 0.1) is 5.41 Å². The molecular formula is C9H18NNaO6. The number of carbonyl (C=O) groups excluding carboxylic acids is 2. The van der Waals surface area contributed by atoms with E-state index >= 15 is 0 Å². The van der Waals surface area contributed by atoms with Crippen molar-refractivity contribution in [1.29, 1.82) is 0 Å². The number of amides is 1. The zero-order chi connectivity index (χ0) is 12.1. The van der Waals surface area contributed by atoms with Gasteiger partial charge < -0.3 is 30.9 Å². The van der Waals surface area contributed by atoms with E-state index in [0.29, 0.717) is 0 Å². The number of carboxylic acids is 1. The molecule has 0 saturated carbocycles. The largest absolute Gasteiger partial charge is 1.00 e. The summed E-state index contributed by atoms with van der Waals surface area (Å²) in [6.45, 7) is 2.60. The normalized spacial score (nSPS) is 11.8. The topological polar surface area (TPSA) is 141 Å². The fraction of sp³-hybridized carbons (Fsp3) is 0.778. The molecule has 8 heteroatoms. The molecule has 96 valence electrons. The molecule has 0 saturated heterocycles. The van der Waals surface area contributed by atoms with Crippen LogP contribution >= 0.6 is 0 Å². The average Bonchev–Trinajstić information content (AvgIpc) is 2.15. The van der Waals surface area contributed by atoms with Gasteiger partial charge in [0, 0.05) is 24.3 Å². The summed E-state index contributed by atoms with van der Waals surface area (Å²) in [5.74, 6) is -1.97. The quantitative estimate of drug-likeness (QED) is 0.407. The van der Waals surface area contributed by atoms with Gasteiger partial charge in [0.2, 0.25) is 5.91 Å². The van der Waals surface area contributed by atoms with Crippen LogP contribution in [-0.2, 0) is 9.59 Å². The molecule has 0 aliphatic rings. The standard InChI is InChI=1S/C9H17NO5.Na.H2O/c1-9(2,5-11)7(14)8(15)10-4-3-6(12)13;;/h7,11,14H,3-5H2,1-2H3,(H,10,15)(H,12,13);;1H2/q;+1;/p-1. The second-order valence-electron chi connectivity index (χ2n) is 3.96. The van der Waals surface area contributed by atoms with Crippen LogP contribution < -0.4 is 40.0 Å². The monoisotopic (exact) mass is 259 g/mol. The maximum Gasteiger partial charge on any atom is 1.00 e. The molecule has 7 nitrogen and oxygen atoms in total. The number of aliphatic hydroxyl groups is 2. The second-order valence-corrected chi connectivity index (χ2v) is 3.96. The fourth-order valence-electron chi connectivity index (χ4n) is 0.826. The van der Waals surface area contributed by atoms with Crippen LogP contribution in [0.3, 0.4) is 0 Å². The first-order chi connectivity index (χ1) is 6.81. The summed E-state index contributed by atoms with van der Waals surface area (Å²) in [6, 6.07) is 0. The zero-order valence-corrected chi connectivity index (χ0v) is 12.3. The first-order valence-electron chi connectivity index (χ1n) is 4.57. The molecule has 0 fully saturated rings. The molecule has 0 aromatic heterocycles. The number of hydrogen-bond donors (Lipinski definition) is 3. The Morgan fingerprint density at radius 3 is 2.24 bits per heavy atom. The minimum absolute atomic E-state index is 0. The number of nitrogens with one attached hydrogen (secondary N) is 1. The van der Waals surface area contributed by atoms with Crippen LogP contribution in [0.1, 0.15) is 20.3 Å². The molecule has 0 heterocycles. The number of rotatable bonds is 6. The molecule has 17 heavy (non-hydrogen) atoms. The van der Waals surface area contributed by atoms with Gasteiger partial charge in [-0.1, -0.05) is 13.8 Å². The van der Waals surface area contributed by atoms with Crippen molar-refractivity contribution in [2.45, 2.75) is 26.4 Å². The molecule has 0 rings (SSSR count). The van der Waals surface area contributed by atoms with Crippen LogP contribution in [0.4, 0.5) is 0 Å². The third-order valence-electron chi connectivity index (χ3n) is 2.02. The van der Waals surface area contributed by atoms with E-state index in [0.717, 1.165) is 0 Å². The Hall–Kier alpha value is -0.180. The maximum atomic E-state index is 11.2. The van der Waals surface area contributed by atoms with E-state index in [1.165, 1.54) is 13.8 Å². The van der Waals surface area contributed by atoms with Crippen molar-refractivity contribution in [1.82, 2.24) is 5.32 Å². The van der Waals surface area contributed by atoms with Gasteiger partial charge in [0.15, 0.2) is 0 Å². The Bertz CT molecular complexity index is 246. The molecule has 1 amide bonds. The van der Waals surface area contributed by atoms with Crippen LogP contribution in [0.15, 0.2) is 0 Å². The molecule has 5 N–H and O–H groups in total. The van der Waals surface area contributed by atoms with E-state index in [1.807, 2.05) is 0 Å². The first kappa shape index (κ1) is 22.0. The van der Waals surface area contributed by atoms with E-state index < -0.39 is 23.4 Å². The fourth-order valence-corrected chi connectivity index (χ4v) is 0.826. The molecule has 0 bridgehead atoms. The predicted molar refractivity (Wildman–Crippen MR) is 53.1 cm³/mol. The van der Waals surface area contributed by atoms with Gasteiger partial charge in [-0.15, -0.1) is 0 Å². The summed E-state index contributed by atoms with van der Waals surface area (Å²) in [5, 5.41) is 30.6. The maximum absolute atomic E-state index is 11.2. The number of hydrogen-bond acceptors (Lipinski definition) is 5. The Balaban J connectivity index is -0.000000980. The van der Waals surface area contributed by atoms with Gasteiger partial charge in [0.05, 0.1) is 6.61 Å². The Morgan fingerprint density at radius 1 is 1.41 bits per heavy atom. The van der Waals surface area contributed by atoms with Crippen LogP contribution in [-0.4, -0.2) is 46.8 Å². The van der Waals surface area contributed by atoms with Crippen molar-refractivity contribution < 1.29 is 59.9 Å². The summed E-state index contributed by atoms with van der Waals surface area (Å²) in [4.78, 5) is 21.3. The van der Waals surface area contributed by atoms with Crippen molar-refractivity contribution in [3.8, 4) is 0 Å². The van der Waals surface area contributed by atoms with Gasteiger partial charge >= 0.3 is 29.6 Å². The molecule has 0 aliphatic carbocycles. The summed E-state index contributed by atoms with van der Waals surface area (Å²) in [5.41, 5.74) is -0.953. The molecule has 0 radical (unpaired) electrons. The third kappa shape index (κ3) is 8.53. The summed E-state index contributed by atoms with van der Waals surface area (Å²) in [7, 11) is 0. The van der Waals surface area contributed by atoms with Crippen molar-refractivity contribution >= 4 is 11.9 Å². The molecule has 0 aliphatic heterocycles. The molecule has 0 aromatic rings. The first-order valence-corrected chi connectivity index (χ1v) is 4.57. The van der Waals surface area contributed by atoms with Crippen LogP contribution in [0.2, 0.25) is 0 Å². The Morgan fingerprint density at radius 2 is 1.88 bits per heavy atom. The van der Waals surface area contributed by atoms with E-state index in [-0.39, 0.29) is 54.6 Å². The summed E-state index contributed by atoms with van der Waals surface area (Å²) in [6.07, 6.45) is -1.68. The van der Waals surface area contributed by atoms with E-state index in [4.69, 9.17) is 5.11 Å². The Labute approximate surface area is 122 Å². The van der Waals surface area contributed by atoms with Crippen molar-refractivity contribution in [2.75, 3.05) is 13.2 Å². The minimum Gasteiger partial charge on any atom is -0.550 e.